The highest BCUT2D eigenvalue weighted by molar-refractivity contribution is 5.95. The highest BCUT2D eigenvalue weighted by Gasteiger charge is 2.29. The van der Waals surface area contributed by atoms with Crippen molar-refractivity contribution in [1.82, 2.24) is 30.0 Å². The monoisotopic (exact) mass is 429 g/mol. The third-order valence-corrected chi connectivity index (χ3v) is 5.62. The van der Waals surface area contributed by atoms with Gasteiger partial charge in [-0.2, -0.15) is 4.98 Å². The summed E-state index contributed by atoms with van der Waals surface area (Å²) >= 11 is 0. The number of anilines is 1. The second-order valence-corrected chi connectivity index (χ2v) is 8.01. The minimum absolute atomic E-state index is 0.0287. The Bertz CT molecular complexity index is 1230. The summed E-state index contributed by atoms with van der Waals surface area (Å²) in [5.74, 6) is 0.857. The maximum atomic E-state index is 13.0. The van der Waals surface area contributed by atoms with E-state index in [-0.39, 0.29) is 11.9 Å². The van der Waals surface area contributed by atoms with Crippen LogP contribution in [0, 0.1) is 0 Å². The average Bonchev–Trinajstić information content (AvgIpc) is 3.59. The minimum atomic E-state index is 0.0287. The zero-order valence-corrected chi connectivity index (χ0v) is 17.9. The Morgan fingerprint density at radius 3 is 2.78 bits per heavy atom. The Morgan fingerprint density at radius 2 is 1.97 bits per heavy atom. The van der Waals surface area contributed by atoms with Gasteiger partial charge < -0.3 is 14.3 Å². The normalized spacial score (nSPS) is 15.8. The summed E-state index contributed by atoms with van der Waals surface area (Å²) < 4.78 is 7.17. The number of carbonyl (C=O) groups excluding carboxylic acids is 1. The lowest BCUT2D eigenvalue weighted by Gasteiger charge is -2.18. The van der Waals surface area contributed by atoms with Gasteiger partial charge in [-0.15, -0.1) is 5.10 Å². The topological polar surface area (TPSA) is 93.2 Å². The van der Waals surface area contributed by atoms with Crippen LogP contribution in [0.4, 0.5) is 5.69 Å². The summed E-state index contributed by atoms with van der Waals surface area (Å²) in [5, 5.41) is 12.5. The second-order valence-electron chi connectivity index (χ2n) is 8.01. The van der Waals surface area contributed by atoms with Crippen LogP contribution in [-0.2, 0) is 0 Å². The molecule has 1 saturated heterocycles. The van der Waals surface area contributed by atoms with Gasteiger partial charge in [-0.05, 0) is 24.6 Å². The largest absolute Gasteiger partial charge is 0.378 e. The fourth-order valence-corrected chi connectivity index (χ4v) is 3.83. The molecule has 1 aliphatic heterocycles. The maximum absolute atomic E-state index is 13.0. The van der Waals surface area contributed by atoms with Gasteiger partial charge in [-0.25, -0.2) is 4.68 Å². The molecule has 9 heteroatoms. The van der Waals surface area contributed by atoms with E-state index in [1.54, 1.807) is 10.9 Å². The molecule has 1 amide bonds. The van der Waals surface area contributed by atoms with Gasteiger partial charge in [0.25, 0.3) is 11.8 Å². The number of aromatic nitrogens is 5. The molecule has 162 valence electrons. The fraction of sp³-hybridized carbons (Fsp3) is 0.261. The molecule has 2 aromatic heterocycles. The van der Waals surface area contributed by atoms with E-state index in [1.807, 2.05) is 78.5 Å². The molecular weight excluding hydrogens is 406 g/mol. The Hall–Kier alpha value is -4.01. The molecule has 1 aliphatic rings. The SMILES string of the molecule is CN(C)c1cccc(C(=O)N2CC[C@H](n3cc(-c4nc(-c5ccccc5)no4)nn3)C2)c1. The number of nitrogens with zero attached hydrogens (tertiary/aromatic N) is 7. The van der Waals surface area contributed by atoms with Gasteiger partial charge in [0.15, 0.2) is 5.69 Å². The van der Waals surface area contributed by atoms with Crippen LogP contribution in [0.2, 0.25) is 0 Å². The number of benzene rings is 2. The smallest absolute Gasteiger partial charge is 0.280 e. The average molecular weight is 429 g/mol. The van der Waals surface area contributed by atoms with Crippen LogP contribution in [0.15, 0.2) is 65.3 Å². The molecule has 0 bridgehead atoms. The predicted molar refractivity (Wildman–Crippen MR) is 119 cm³/mol. The van der Waals surface area contributed by atoms with E-state index in [2.05, 4.69) is 20.5 Å². The van der Waals surface area contributed by atoms with E-state index in [9.17, 15) is 4.79 Å². The lowest BCUT2D eigenvalue weighted by molar-refractivity contribution is 0.0787. The summed E-state index contributed by atoms with van der Waals surface area (Å²) in [4.78, 5) is 21.3. The van der Waals surface area contributed by atoms with E-state index in [4.69, 9.17) is 4.52 Å². The Labute approximate surface area is 185 Å². The van der Waals surface area contributed by atoms with E-state index in [0.717, 1.165) is 17.7 Å². The summed E-state index contributed by atoms with van der Waals surface area (Å²) in [6.07, 6.45) is 2.61. The number of rotatable bonds is 5. The van der Waals surface area contributed by atoms with Crippen LogP contribution in [-0.4, -0.2) is 63.1 Å². The summed E-state index contributed by atoms with van der Waals surface area (Å²) in [6, 6.07) is 17.3. The zero-order chi connectivity index (χ0) is 22.1. The number of hydrogen-bond acceptors (Lipinski definition) is 7. The zero-order valence-electron chi connectivity index (χ0n) is 17.9. The van der Waals surface area contributed by atoms with Crippen LogP contribution < -0.4 is 4.90 Å². The number of likely N-dealkylation sites (tertiary alicyclic amines) is 1. The fourth-order valence-electron chi connectivity index (χ4n) is 3.83. The quantitative estimate of drug-likeness (QED) is 0.481. The molecule has 1 fully saturated rings. The van der Waals surface area contributed by atoms with Crippen molar-refractivity contribution in [2.24, 2.45) is 0 Å². The molecule has 0 N–H and O–H groups in total. The highest BCUT2D eigenvalue weighted by Crippen LogP contribution is 2.26. The lowest BCUT2D eigenvalue weighted by atomic mass is 10.1. The first-order chi connectivity index (χ1) is 15.6. The second kappa shape index (κ2) is 8.26. The van der Waals surface area contributed by atoms with E-state index in [1.165, 1.54) is 0 Å². The van der Waals surface area contributed by atoms with Crippen molar-refractivity contribution in [2.75, 3.05) is 32.1 Å². The number of carbonyl (C=O) groups is 1. The van der Waals surface area contributed by atoms with Crippen LogP contribution in [0.25, 0.3) is 23.0 Å². The standard InChI is InChI=1S/C23H23N7O2/c1-28(2)18-10-6-9-17(13-18)23(31)29-12-11-19(14-29)30-15-20(25-27-30)22-24-21(26-32-22)16-7-4-3-5-8-16/h3-10,13,15,19H,11-12,14H2,1-2H3/t19-/m0/s1. The minimum Gasteiger partial charge on any atom is -0.378 e. The van der Waals surface area contributed by atoms with E-state index >= 15 is 0 Å². The molecule has 1 atom stereocenters. The van der Waals surface area contributed by atoms with E-state index in [0.29, 0.717) is 36.1 Å². The molecule has 0 unspecified atom stereocenters. The van der Waals surface area contributed by atoms with Crippen LogP contribution in [0.3, 0.4) is 0 Å². The van der Waals surface area contributed by atoms with Crippen LogP contribution in [0.5, 0.6) is 0 Å². The third-order valence-electron chi connectivity index (χ3n) is 5.62. The van der Waals surface area contributed by atoms with Gasteiger partial charge in [-0.3, -0.25) is 4.79 Å². The van der Waals surface area contributed by atoms with Crippen molar-refractivity contribution >= 4 is 11.6 Å². The summed E-state index contributed by atoms with van der Waals surface area (Å²) in [7, 11) is 3.92. The Kier molecular flexibility index (Phi) is 5.14. The first-order valence-corrected chi connectivity index (χ1v) is 10.5. The van der Waals surface area contributed by atoms with E-state index < -0.39 is 0 Å². The predicted octanol–water partition coefficient (Wildman–Crippen LogP) is 3.15. The van der Waals surface area contributed by atoms with Gasteiger partial charge in [0, 0.05) is 44.0 Å². The van der Waals surface area contributed by atoms with Gasteiger partial charge >= 0.3 is 0 Å². The Balaban J connectivity index is 1.28. The molecule has 4 aromatic rings. The van der Waals surface area contributed by atoms with Crippen LogP contribution >= 0.6 is 0 Å². The molecule has 2 aromatic carbocycles. The molecular formula is C23H23N7O2. The molecule has 0 radical (unpaired) electrons. The van der Waals surface area contributed by atoms with Crippen LogP contribution in [0.1, 0.15) is 22.8 Å². The van der Waals surface area contributed by atoms with Crippen molar-refractivity contribution in [1.29, 1.82) is 0 Å². The van der Waals surface area contributed by atoms with Gasteiger partial charge in [0.1, 0.15) is 0 Å². The number of hydrogen-bond donors (Lipinski definition) is 0. The number of amides is 1. The summed E-state index contributed by atoms with van der Waals surface area (Å²) in [6.45, 7) is 1.25. The van der Waals surface area contributed by atoms with Crippen molar-refractivity contribution in [3.8, 4) is 23.0 Å². The lowest BCUT2D eigenvalue weighted by Crippen LogP contribution is -2.29. The van der Waals surface area contributed by atoms with Crippen molar-refractivity contribution in [2.45, 2.75) is 12.5 Å². The van der Waals surface area contributed by atoms with Crippen molar-refractivity contribution in [3.05, 3.63) is 66.4 Å². The molecule has 0 spiro atoms. The molecule has 9 nitrogen and oxygen atoms in total. The summed E-state index contributed by atoms with van der Waals surface area (Å²) in [5.41, 5.74) is 3.08. The van der Waals surface area contributed by atoms with Gasteiger partial charge in [0.05, 0.1) is 12.2 Å². The van der Waals surface area contributed by atoms with Gasteiger partial charge in [0.2, 0.25) is 5.82 Å². The van der Waals surface area contributed by atoms with Crippen molar-refractivity contribution in [3.63, 3.8) is 0 Å². The molecule has 5 rings (SSSR count). The highest BCUT2D eigenvalue weighted by atomic mass is 16.5. The van der Waals surface area contributed by atoms with Gasteiger partial charge in [-0.1, -0.05) is 46.8 Å². The Morgan fingerprint density at radius 1 is 1.12 bits per heavy atom. The maximum Gasteiger partial charge on any atom is 0.280 e. The molecule has 3 heterocycles. The molecule has 0 saturated carbocycles. The molecule has 32 heavy (non-hydrogen) atoms. The molecule has 0 aliphatic carbocycles. The third kappa shape index (κ3) is 3.84. The first-order valence-electron chi connectivity index (χ1n) is 10.5. The first kappa shape index (κ1) is 19.9. The van der Waals surface area contributed by atoms with Crippen molar-refractivity contribution < 1.29 is 9.32 Å².